The Morgan fingerprint density at radius 3 is 2.62 bits per heavy atom. The van der Waals surface area contributed by atoms with Gasteiger partial charge in [0.1, 0.15) is 29.0 Å². The van der Waals surface area contributed by atoms with Crippen molar-refractivity contribution < 1.29 is 23.5 Å². The summed E-state index contributed by atoms with van der Waals surface area (Å²) in [6, 6.07) is 14.8. The van der Waals surface area contributed by atoms with Crippen LogP contribution in [0.4, 0.5) is 10.1 Å². The van der Waals surface area contributed by atoms with Crippen LogP contribution in [0.2, 0.25) is 5.02 Å². The van der Waals surface area contributed by atoms with Crippen LogP contribution in [-0.2, 0) is 4.79 Å². The molecule has 2 N–H and O–H groups in total. The minimum Gasteiger partial charge on any atom is -0.478 e. The van der Waals surface area contributed by atoms with Crippen molar-refractivity contribution in [3.63, 3.8) is 0 Å². The van der Waals surface area contributed by atoms with Gasteiger partial charge in [-0.25, -0.2) is 9.18 Å². The third kappa shape index (κ3) is 4.51. The molecule has 0 fully saturated rings. The minimum atomic E-state index is -1.18. The Morgan fingerprint density at radius 1 is 1.17 bits per heavy atom. The first-order chi connectivity index (χ1) is 13.9. The smallest absolute Gasteiger partial charge is 0.337 e. The normalized spacial score (nSPS) is 11.0. The van der Waals surface area contributed by atoms with Gasteiger partial charge in [-0.2, -0.15) is 5.26 Å². The molecule has 144 valence electrons. The Hall–Kier alpha value is -3.89. The van der Waals surface area contributed by atoms with E-state index < -0.39 is 17.7 Å². The van der Waals surface area contributed by atoms with E-state index in [4.69, 9.17) is 21.1 Å². The number of carbonyl (C=O) groups is 2. The number of nitrogens with one attached hydrogen (secondary N) is 1. The quantitative estimate of drug-likeness (QED) is 0.456. The number of nitrogens with zero attached hydrogens (tertiary/aromatic N) is 1. The zero-order valence-corrected chi connectivity index (χ0v) is 15.4. The summed E-state index contributed by atoms with van der Waals surface area (Å²) in [5, 5.41) is 20.8. The van der Waals surface area contributed by atoms with E-state index in [1.54, 1.807) is 24.3 Å². The number of amides is 1. The number of para-hydroxylation sites is 1. The average Bonchev–Trinajstić information content (AvgIpc) is 3.16. The molecule has 0 aliphatic heterocycles. The van der Waals surface area contributed by atoms with Crippen LogP contribution in [0, 0.1) is 17.1 Å². The van der Waals surface area contributed by atoms with E-state index in [1.165, 1.54) is 42.5 Å². The average molecular weight is 411 g/mol. The molecule has 0 unspecified atom stereocenters. The fourth-order valence-electron chi connectivity index (χ4n) is 2.47. The molecule has 8 heteroatoms. The molecule has 1 amide bonds. The maximum Gasteiger partial charge on any atom is 0.337 e. The highest BCUT2D eigenvalue weighted by atomic mass is 35.5. The summed E-state index contributed by atoms with van der Waals surface area (Å²) in [4.78, 5) is 23.5. The van der Waals surface area contributed by atoms with Gasteiger partial charge in [0.05, 0.1) is 16.3 Å². The molecule has 3 aromatic rings. The first kappa shape index (κ1) is 19.9. The third-order valence-corrected chi connectivity index (χ3v) is 4.21. The highest BCUT2D eigenvalue weighted by Gasteiger charge is 2.15. The predicted octanol–water partition coefficient (Wildman–Crippen LogP) is 4.98. The van der Waals surface area contributed by atoms with Crippen molar-refractivity contribution in [2.24, 2.45) is 0 Å². The topological polar surface area (TPSA) is 103 Å². The number of hydrogen-bond donors (Lipinski definition) is 2. The van der Waals surface area contributed by atoms with Crippen molar-refractivity contribution in [1.29, 1.82) is 5.26 Å². The summed E-state index contributed by atoms with van der Waals surface area (Å²) >= 11 is 5.86. The molecule has 0 atom stereocenters. The molecule has 2 aromatic carbocycles. The Labute approximate surface area is 169 Å². The highest BCUT2D eigenvalue weighted by molar-refractivity contribution is 6.33. The summed E-state index contributed by atoms with van der Waals surface area (Å²) in [6.07, 6.45) is 1.20. The lowest BCUT2D eigenvalue weighted by molar-refractivity contribution is -0.112. The van der Waals surface area contributed by atoms with Gasteiger partial charge in [-0.1, -0.05) is 23.7 Å². The highest BCUT2D eigenvalue weighted by Crippen LogP contribution is 2.27. The second-order valence-electron chi connectivity index (χ2n) is 5.81. The van der Waals surface area contributed by atoms with E-state index in [2.05, 4.69) is 5.32 Å². The molecule has 0 aliphatic rings. The molecule has 1 heterocycles. The molecule has 1 aromatic heterocycles. The molecule has 0 saturated carbocycles. The lowest BCUT2D eigenvalue weighted by atomic mass is 10.1. The van der Waals surface area contributed by atoms with Gasteiger partial charge in [-0.05, 0) is 42.5 Å². The molecule has 3 rings (SSSR count). The minimum absolute atomic E-state index is 0.0545. The van der Waals surface area contributed by atoms with Crippen molar-refractivity contribution in [1.82, 2.24) is 0 Å². The van der Waals surface area contributed by atoms with Crippen LogP contribution >= 0.6 is 11.6 Å². The number of hydrogen-bond acceptors (Lipinski definition) is 4. The number of anilines is 1. The zero-order chi connectivity index (χ0) is 21.0. The Morgan fingerprint density at radius 2 is 1.93 bits per heavy atom. The number of aromatic carboxylic acids is 1. The van der Waals surface area contributed by atoms with E-state index in [0.29, 0.717) is 11.3 Å². The zero-order valence-electron chi connectivity index (χ0n) is 14.6. The van der Waals surface area contributed by atoms with E-state index >= 15 is 0 Å². The van der Waals surface area contributed by atoms with Gasteiger partial charge in [0.25, 0.3) is 5.91 Å². The van der Waals surface area contributed by atoms with E-state index in [9.17, 15) is 19.2 Å². The molecule has 0 radical (unpaired) electrons. The summed E-state index contributed by atoms with van der Waals surface area (Å²) in [7, 11) is 0. The number of carboxylic acid groups (broad SMARTS) is 1. The molecule has 29 heavy (non-hydrogen) atoms. The summed E-state index contributed by atoms with van der Waals surface area (Å²) < 4.78 is 19.2. The van der Waals surface area contributed by atoms with Gasteiger partial charge >= 0.3 is 5.97 Å². The summed E-state index contributed by atoms with van der Waals surface area (Å²) in [5.74, 6) is -2.10. The van der Waals surface area contributed by atoms with Crippen molar-refractivity contribution in [3.8, 4) is 17.4 Å². The van der Waals surface area contributed by atoms with Crippen LogP contribution in [0.5, 0.6) is 0 Å². The molecule has 0 saturated heterocycles. The number of halogens is 2. The first-order valence-electron chi connectivity index (χ1n) is 8.20. The third-order valence-electron chi connectivity index (χ3n) is 3.88. The van der Waals surface area contributed by atoms with Crippen molar-refractivity contribution in [3.05, 3.63) is 82.3 Å². The van der Waals surface area contributed by atoms with E-state index in [1.807, 2.05) is 0 Å². The Bertz CT molecular complexity index is 1180. The van der Waals surface area contributed by atoms with Gasteiger partial charge in [0, 0.05) is 11.6 Å². The monoisotopic (exact) mass is 410 g/mol. The molecular weight excluding hydrogens is 399 g/mol. The SMILES string of the molecule is N#C/C(=C\c1ccc(-c2ccc(Cl)c(C(=O)O)c2)o1)C(=O)Nc1ccccc1F. The summed E-state index contributed by atoms with van der Waals surface area (Å²) in [5.41, 5.74) is 0.0260. The molecular formula is C21H12ClFN2O4. The summed E-state index contributed by atoms with van der Waals surface area (Å²) in [6.45, 7) is 0. The maximum atomic E-state index is 13.7. The standard InChI is InChI=1S/C21H12ClFN2O4/c22-16-7-5-12(10-15(16)21(27)28)19-8-6-14(29-19)9-13(11-24)20(26)25-18-4-2-1-3-17(18)23/h1-10H,(H,25,26)(H,27,28)/b13-9+. The number of carboxylic acids is 1. The fraction of sp³-hybridized carbons (Fsp3) is 0. The van der Waals surface area contributed by atoms with Gasteiger partial charge in [0.15, 0.2) is 0 Å². The van der Waals surface area contributed by atoms with Gasteiger partial charge in [0.2, 0.25) is 0 Å². The predicted molar refractivity (Wildman–Crippen MR) is 105 cm³/mol. The largest absolute Gasteiger partial charge is 0.478 e. The molecule has 0 spiro atoms. The van der Waals surface area contributed by atoms with Crippen molar-refractivity contribution in [2.75, 3.05) is 5.32 Å². The van der Waals surface area contributed by atoms with Crippen LogP contribution < -0.4 is 5.32 Å². The lowest BCUT2D eigenvalue weighted by Gasteiger charge is -2.04. The number of rotatable bonds is 5. The van der Waals surface area contributed by atoms with Gasteiger partial charge < -0.3 is 14.8 Å². The fourth-order valence-corrected chi connectivity index (χ4v) is 2.67. The lowest BCUT2D eigenvalue weighted by Crippen LogP contribution is -2.14. The second-order valence-corrected chi connectivity index (χ2v) is 6.21. The Kier molecular flexibility index (Phi) is 5.77. The van der Waals surface area contributed by atoms with Crippen molar-refractivity contribution >= 4 is 35.2 Å². The first-order valence-corrected chi connectivity index (χ1v) is 8.57. The van der Waals surface area contributed by atoms with Gasteiger partial charge in [-0.3, -0.25) is 4.79 Å². The van der Waals surface area contributed by atoms with E-state index in [0.717, 1.165) is 0 Å². The van der Waals surface area contributed by atoms with Crippen LogP contribution in [0.3, 0.4) is 0 Å². The number of benzene rings is 2. The molecule has 0 aliphatic carbocycles. The maximum absolute atomic E-state index is 13.7. The van der Waals surface area contributed by atoms with E-state index in [-0.39, 0.29) is 27.6 Å². The number of nitriles is 1. The number of furan rings is 1. The van der Waals surface area contributed by atoms with Crippen LogP contribution in [0.1, 0.15) is 16.1 Å². The number of carbonyl (C=O) groups excluding carboxylic acids is 1. The molecule has 0 bridgehead atoms. The second kappa shape index (κ2) is 8.42. The van der Waals surface area contributed by atoms with Crippen molar-refractivity contribution in [2.45, 2.75) is 0 Å². The van der Waals surface area contributed by atoms with Crippen LogP contribution in [-0.4, -0.2) is 17.0 Å². The Balaban J connectivity index is 1.85. The molecule has 6 nitrogen and oxygen atoms in total. The van der Waals surface area contributed by atoms with Gasteiger partial charge in [-0.15, -0.1) is 0 Å². The van der Waals surface area contributed by atoms with Crippen LogP contribution in [0.15, 0.2) is 64.6 Å². The van der Waals surface area contributed by atoms with Crippen LogP contribution in [0.25, 0.3) is 17.4 Å².